The lowest BCUT2D eigenvalue weighted by Gasteiger charge is -2.08. The Kier molecular flexibility index (Phi) is 4.81. The molecule has 2 aromatic rings. The van der Waals surface area contributed by atoms with Crippen LogP contribution >= 0.6 is 0 Å². The average molecular weight is 276 g/mol. The van der Waals surface area contributed by atoms with Crippen molar-refractivity contribution in [1.82, 2.24) is 15.0 Å². The number of benzene rings is 1. The Morgan fingerprint density at radius 3 is 2.50 bits per heavy atom. The van der Waals surface area contributed by atoms with Crippen molar-refractivity contribution in [3.63, 3.8) is 0 Å². The van der Waals surface area contributed by atoms with E-state index in [4.69, 9.17) is 4.74 Å². The molecule has 0 unspecified atom stereocenters. The lowest BCUT2D eigenvalue weighted by molar-refractivity contribution is 0.292. The smallest absolute Gasteiger partial charge is 0.321 e. The molecule has 0 bridgehead atoms. The van der Waals surface area contributed by atoms with Crippen LogP contribution in [-0.2, 0) is 0 Å². The summed E-state index contributed by atoms with van der Waals surface area (Å²) in [5.74, 6) is 0.618. The second-order valence-electron chi connectivity index (χ2n) is 4.15. The van der Waals surface area contributed by atoms with E-state index < -0.39 is 0 Å². The van der Waals surface area contributed by atoms with Gasteiger partial charge in [0.1, 0.15) is 5.82 Å². The molecule has 1 aromatic carbocycles. The highest BCUT2D eigenvalue weighted by Crippen LogP contribution is 2.19. The predicted molar refractivity (Wildman–Crippen MR) is 75.2 cm³/mol. The van der Waals surface area contributed by atoms with Crippen molar-refractivity contribution in [1.29, 1.82) is 0 Å². The van der Waals surface area contributed by atoms with Crippen LogP contribution in [0.15, 0.2) is 24.3 Å². The van der Waals surface area contributed by atoms with Gasteiger partial charge in [0, 0.05) is 12.1 Å². The molecular weight excluding hydrogens is 259 g/mol. The fraction of sp³-hybridized carbons (Fsp3) is 0.357. The van der Waals surface area contributed by atoms with E-state index in [1.165, 1.54) is 12.1 Å². The number of nitrogens with one attached hydrogen (secondary N) is 1. The molecule has 0 saturated heterocycles. The van der Waals surface area contributed by atoms with Crippen LogP contribution < -0.4 is 10.1 Å². The van der Waals surface area contributed by atoms with Gasteiger partial charge in [-0.3, -0.25) is 0 Å². The number of hydrogen-bond acceptors (Lipinski definition) is 5. The van der Waals surface area contributed by atoms with E-state index in [1.807, 2.05) is 13.8 Å². The monoisotopic (exact) mass is 276 g/mol. The van der Waals surface area contributed by atoms with E-state index in [0.717, 1.165) is 6.42 Å². The molecule has 1 N–H and O–H groups in total. The molecule has 0 spiro atoms. The summed E-state index contributed by atoms with van der Waals surface area (Å²) in [4.78, 5) is 12.7. The van der Waals surface area contributed by atoms with E-state index >= 15 is 0 Å². The number of aromatic nitrogens is 3. The number of nitrogens with zero attached hydrogens (tertiary/aromatic N) is 3. The number of rotatable bonds is 6. The molecule has 1 heterocycles. The van der Waals surface area contributed by atoms with Gasteiger partial charge in [0.2, 0.25) is 5.95 Å². The van der Waals surface area contributed by atoms with Gasteiger partial charge in [-0.05, 0) is 37.6 Å². The molecule has 1 aromatic heterocycles. The van der Waals surface area contributed by atoms with Crippen molar-refractivity contribution in [3.05, 3.63) is 30.1 Å². The van der Waals surface area contributed by atoms with Crippen molar-refractivity contribution >= 4 is 5.95 Å². The first-order chi connectivity index (χ1) is 9.72. The van der Waals surface area contributed by atoms with Crippen molar-refractivity contribution in [3.8, 4) is 17.4 Å². The highest BCUT2D eigenvalue weighted by molar-refractivity contribution is 5.56. The lowest BCUT2D eigenvalue weighted by Crippen LogP contribution is -2.08. The van der Waals surface area contributed by atoms with Crippen LogP contribution in [-0.4, -0.2) is 28.1 Å². The Labute approximate surface area is 117 Å². The average Bonchev–Trinajstić information content (AvgIpc) is 2.46. The number of hydrogen-bond donors (Lipinski definition) is 1. The normalized spacial score (nSPS) is 10.3. The highest BCUT2D eigenvalue weighted by Gasteiger charge is 2.09. The summed E-state index contributed by atoms with van der Waals surface area (Å²) in [5, 5.41) is 3.03. The Hall–Kier alpha value is -2.24. The second-order valence-corrected chi connectivity index (χ2v) is 4.15. The van der Waals surface area contributed by atoms with Crippen LogP contribution in [0.5, 0.6) is 6.01 Å². The summed E-state index contributed by atoms with van der Waals surface area (Å²) in [5.41, 5.74) is 0.717. The quantitative estimate of drug-likeness (QED) is 0.879. The van der Waals surface area contributed by atoms with Gasteiger partial charge in [0.05, 0.1) is 6.61 Å². The molecule has 0 atom stereocenters. The number of halogens is 1. The van der Waals surface area contributed by atoms with Gasteiger partial charge in [-0.15, -0.1) is 0 Å². The number of ether oxygens (including phenoxy) is 1. The van der Waals surface area contributed by atoms with Gasteiger partial charge in [-0.2, -0.15) is 15.0 Å². The zero-order valence-electron chi connectivity index (χ0n) is 11.6. The first-order valence-corrected chi connectivity index (χ1v) is 6.61. The Morgan fingerprint density at radius 1 is 1.10 bits per heavy atom. The first kappa shape index (κ1) is 14.2. The van der Waals surface area contributed by atoms with Gasteiger partial charge >= 0.3 is 6.01 Å². The predicted octanol–water partition coefficient (Wildman–Crippen LogP) is 2.90. The summed E-state index contributed by atoms with van der Waals surface area (Å²) in [7, 11) is 0. The minimum atomic E-state index is -0.294. The van der Waals surface area contributed by atoms with Crippen LogP contribution in [0, 0.1) is 5.82 Å². The third kappa shape index (κ3) is 3.63. The molecule has 0 amide bonds. The summed E-state index contributed by atoms with van der Waals surface area (Å²) >= 11 is 0. The number of anilines is 1. The largest absolute Gasteiger partial charge is 0.463 e. The van der Waals surface area contributed by atoms with E-state index in [1.54, 1.807) is 12.1 Å². The maximum absolute atomic E-state index is 13.0. The van der Waals surface area contributed by atoms with Gasteiger partial charge in [-0.25, -0.2) is 4.39 Å². The minimum absolute atomic E-state index is 0.275. The molecule has 2 rings (SSSR count). The van der Waals surface area contributed by atoms with E-state index in [9.17, 15) is 4.39 Å². The molecule has 6 heteroatoms. The van der Waals surface area contributed by atoms with E-state index in [0.29, 0.717) is 30.5 Å². The van der Waals surface area contributed by atoms with E-state index in [-0.39, 0.29) is 11.8 Å². The fourth-order valence-corrected chi connectivity index (χ4v) is 1.58. The standard InChI is InChI=1S/C14H17FN4O/c1-3-9-20-14-18-12(17-13(19-14)16-4-2)10-5-7-11(15)8-6-10/h5-8H,3-4,9H2,1-2H3,(H,16,17,18,19). The van der Waals surface area contributed by atoms with Gasteiger partial charge in [0.25, 0.3) is 0 Å². The van der Waals surface area contributed by atoms with Crippen LogP contribution in [0.1, 0.15) is 20.3 Å². The molecule has 0 aliphatic heterocycles. The fourth-order valence-electron chi connectivity index (χ4n) is 1.58. The van der Waals surface area contributed by atoms with Crippen LogP contribution in [0.25, 0.3) is 11.4 Å². The van der Waals surface area contributed by atoms with Crippen LogP contribution in [0.2, 0.25) is 0 Å². The molecule has 0 saturated carbocycles. The maximum Gasteiger partial charge on any atom is 0.321 e. The van der Waals surface area contributed by atoms with Gasteiger partial charge < -0.3 is 10.1 Å². The summed E-state index contributed by atoms with van der Waals surface area (Å²) in [6.45, 7) is 5.19. The minimum Gasteiger partial charge on any atom is -0.463 e. The first-order valence-electron chi connectivity index (χ1n) is 6.61. The topological polar surface area (TPSA) is 59.9 Å². The second kappa shape index (κ2) is 6.79. The Balaban J connectivity index is 2.34. The third-order valence-electron chi connectivity index (χ3n) is 2.49. The van der Waals surface area contributed by atoms with Gasteiger partial charge in [-0.1, -0.05) is 6.92 Å². The zero-order chi connectivity index (χ0) is 14.4. The van der Waals surface area contributed by atoms with Crippen LogP contribution in [0.4, 0.5) is 10.3 Å². The summed E-state index contributed by atoms with van der Waals surface area (Å²) in [6, 6.07) is 6.28. The molecule has 0 aliphatic rings. The van der Waals surface area contributed by atoms with Crippen molar-refractivity contribution in [2.45, 2.75) is 20.3 Å². The van der Waals surface area contributed by atoms with Crippen molar-refractivity contribution in [2.24, 2.45) is 0 Å². The molecule has 106 valence electrons. The molecule has 0 fully saturated rings. The maximum atomic E-state index is 13.0. The third-order valence-corrected chi connectivity index (χ3v) is 2.49. The molecule has 0 radical (unpaired) electrons. The highest BCUT2D eigenvalue weighted by atomic mass is 19.1. The van der Waals surface area contributed by atoms with Gasteiger partial charge in [0.15, 0.2) is 5.82 Å². The summed E-state index contributed by atoms with van der Waals surface area (Å²) in [6.07, 6.45) is 0.869. The Morgan fingerprint density at radius 2 is 1.85 bits per heavy atom. The zero-order valence-corrected chi connectivity index (χ0v) is 11.6. The van der Waals surface area contributed by atoms with Crippen molar-refractivity contribution in [2.75, 3.05) is 18.5 Å². The summed E-state index contributed by atoms with van der Waals surface area (Å²) < 4.78 is 18.4. The molecule has 5 nitrogen and oxygen atoms in total. The van der Waals surface area contributed by atoms with Crippen LogP contribution in [0.3, 0.4) is 0 Å². The molecule has 20 heavy (non-hydrogen) atoms. The van der Waals surface area contributed by atoms with E-state index in [2.05, 4.69) is 20.3 Å². The van der Waals surface area contributed by atoms with Crippen molar-refractivity contribution < 1.29 is 9.13 Å². The molecule has 0 aliphatic carbocycles. The SMILES string of the molecule is CCCOc1nc(NCC)nc(-c2ccc(F)cc2)n1. The molecular formula is C14H17FN4O. The Bertz CT molecular complexity index is 560. The lowest BCUT2D eigenvalue weighted by atomic mass is 10.2.